The fraction of sp³-hybridized carbons (Fsp3) is 0.727. The predicted octanol–water partition coefficient (Wildman–Crippen LogP) is 3.85. The maximum atomic E-state index is 12.1. The van der Waals surface area contributed by atoms with Crippen LogP contribution in [0.2, 0.25) is 0 Å². The molecule has 0 bridgehead atoms. The summed E-state index contributed by atoms with van der Waals surface area (Å²) in [6, 6.07) is 0.351. The van der Waals surface area contributed by atoms with Crippen LogP contribution in [0.25, 0.3) is 0 Å². The fourth-order valence-corrected chi connectivity index (χ4v) is 4.49. The number of imidazole rings is 1. The van der Waals surface area contributed by atoms with E-state index in [1.807, 2.05) is 50.7 Å². The molecule has 0 saturated heterocycles. The van der Waals surface area contributed by atoms with E-state index in [1.165, 1.54) is 0 Å². The summed E-state index contributed by atoms with van der Waals surface area (Å²) in [5.74, 6) is -3.34. The van der Waals surface area contributed by atoms with Crippen LogP contribution in [0.1, 0.15) is 51.2 Å². The normalized spacial score (nSPS) is 12.8. The Labute approximate surface area is 113 Å². The van der Waals surface area contributed by atoms with Crippen LogP contribution in [0.3, 0.4) is 0 Å². The SMILES string of the molecule is Cc1c(C)[n+](C(C)C)c(P(=O)(Cl)Cl)n1C(C)C. The van der Waals surface area contributed by atoms with E-state index in [0.717, 1.165) is 11.4 Å². The summed E-state index contributed by atoms with van der Waals surface area (Å²) < 4.78 is 16.1. The molecule has 1 aromatic heterocycles. The first-order valence-electron chi connectivity index (χ1n) is 5.71. The first-order chi connectivity index (χ1) is 7.59. The van der Waals surface area contributed by atoms with Crippen LogP contribution in [0.5, 0.6) is 0 Å². The van der Waals surface area contributed by atoms with E-state index in [4.69, 9.17) is 22.5 Å². The Balaban J connectivity index is 3.74. The van der Waals surface area contributed by atoms with E-state index >= 15 is 0 Å². The van der Waals surface area contributed by atoms with Gasteiger partial charge in [-0.05, 0) is 50.2 Å². The van der Waals surface area contributed by atoms with Crippen molar-refractivity contribution in [2.45, 2.75) is 53.6 Å². The smallest absolute Gasteiger partial charge is 0.276 e. The molecule has 0 unspecified atom stereocenters. The maximum Gasteiger partial charge on any atom is 0.362 e. The third kappa shape index (κ3) is 2.72. The molecule has 17 heavy (non-hydrogen) atoms. The zero-order chi connectivity index (χ0) is 13.5. The van der Waals surface area contributed by atoms with Gasteiger partial charge in [-0.2, -0.15) is 0 Å². The molecule has 98 valence electrons. The molecule has 1 heterocycles. The van der Waals surface area contributed by atoms with Gasteiger partial charge < -0.3 is 0 Å². The lowest BCUT2D eigenvalue weighted by molar-refractivity contribution is -0.704. The van der Waals surface area contributed by atoms with Gasteiger partial charge in [0.15, 0.2) is 0 Å². The molecule has 1 rings (SSSR count). The second-order valence-electron chi connectivity index (χ2n) is 4.86. The Morgan fingerprint density at radius 1 is 1.18 bits per heavy atom. The molecule has 1 aromatic rings. The minimum atomic E-state index is -3.34. The monoisotopic (exact) mass is 297 g/mol. The van der Waals surface area contributed by atoms with Crippen molar-refractivity contribution in [1.29, 1.82) is 0 Å². The molecule has 0 fully saturated rings. The number of hydrogen-bond donors (Lipinski definition) is 0. The van der Waals surface area contributed by atoms with Crippen molar-refractivity contribution >= 4 is 33.9 Å². The van der Waals surface area contributed by atoms with Crippen molar-refractivity contribution in [2.24, 2.45) is 0 Å². The molecule has 0 aromatic carbocycles. The average molecular weight is 298 g/mol. The molecule has 0 amide bonds. The van der Waals surface area contributed by atoms with Crippen molar-refractivity contribution in [3.8, 4) is 0 Å². The highest BCUT2D eigenvalue weighted by molar-refractivity contribution is 8.13. The Morgan fingerprint density at radius 2 is 1.65 bits per heavy atom. The van der Waals surface area contributed by atoms with Gasteiger partial charge in [-0.1, -0.05) is 0 Å². The van der Waals surface area contributed by atoms with Crippen LogP contribution < -0.4 is 10.1 Å². The molecule has 6 heteroatoms. The largest absolute Gasteiger partial charge is 0.362 e. The molecule has 0 atom stereocenters. The van der Waals surface area contributed by atoms with Gasteiger partial charge >= 0.3 is 11.4 Å². The molecule has 0 aliphatic heterocycles. The number of halogens is 2. The lowest BCUT2D eigenvalue weighted by Gasteiger charge is -2.10. The number of nitrogens with zero attached hydrogens (tertiary/aromatic N) is 2. The summed E-state index contributed by atoms with van der Waals surface area (Å²) in [7, 11) is 0. The van der Waals surface area contributed by atoms with Gasteiger partial charge in [0.05, 0.1) is 12.1 Å². The first-order valence-corrected chi connectivity index (χ1v) is 9.23. The highest BCUT2D eigenvalue weighted by Crippen LogP contribution is 2.55. The molecule has 0 saturated carbocycles. The Kier molecular flexibility index (Phi) is 4.39. The quantitative estimate of drug-likeness (QED) is 0.615. The van der Waals surface area contributed by atoms with Gasteiger partial charge in [0.2, 0.25) is 0 Å². The molecule has 0 N–H and O–H groups in total. The van der Waals surface area contributed by atoms with Gasteiger partial charge in [0.1, 0.15) is 11.4 Å². The predicted molar refractivity (Wildman–Crippen MR) is 73.8 cm³/mol. The highest BCUT2D eigenvalue weighted by atomic mass is 35.9. The second-order valence-corrected chi connectivity index (χ2v) is 9.56. The fourth-order valence-electron chi connectivity index (χ4n) is 2.25. The van der Waals surface area contributed by atoms with E-state index in [9.17, 15) is 4.57 Å². The Morgan fingerprint density at radius 3 is 1.94 bits per heavy atom. The average Bonchev–Trinajstić information content (AvgIpc) is 2.39. The van der Waals surface area contributed by atoms with E-state index in [0.29, 0.717) is 5.57 Å². The van der Waals surface area contributed by atoms with Crippen LogP contribution in [-0.4, -0.2) is 4.57 Å². The third-order valence-corrected chi connectivity index (χ3v) is 4.75. The van der Waals surface area contributed by atoms with Crippen molar-refractivity contribution in [3.05, 3.63) is 11.4 Å². The lowest BCUT2D eigenvalue weighted by Crippen LogP contribution is -2.51. The second kappa shape index (κ2) is 4.95. The van der Waals surface area contributed by atoms with E-state index < -0.39 is 5.85 Å². The summed E-state index contributed by atoms with van der Waals surface area (Å²) >= 11 is 11.8. The van der Waals surface area contributed by atoms with Gasteiger partial charge in [0.25, 0.3) is 0 Å². The van der Waals surface area contributed by atoms with Crippen molar-refractivity contribution in [3.63, 3.8) is 0 Å². The molecule has 0 spiro atoms. The Bertz CT molecular complexity index is 443. The molecular weight excluding hydrogens is 278 g/mol. The van der Waals surface area contributed by atoms with Gasteiger partial charge in [0, 0.05) is 13.8 Å². The Hall–Kier alpha value is 0.0200. The van der Waals surface area contributed by atoms with Crippen LogP contribution >= 0.6 is 28.3 Å². The molecular formula is C11H20Cl2N2OP+. The number of rotatable bonds is 3. The van der Waals surface area contributed by atoms with Gasteiger partial charge in [-0.3, -0.25) is 4.57 Å². The lowest BCUT2D eigenvalue weighted by atomic mass is 10.3. The van der Waals surface area contributed by atoms with E-state index in [1.54, 1.807) is 0 Å². The van der Waals surface area contributed by atoms with E-state index in [2.05, 4.69) is 0 Å². The number of hydrogen-bond acceptors (Lipinski definition) is 1. The summed E-state index contributed by atoms with van der Waals surface area (Å²) in [5.41, 5.74) is 2.65. The summed E-state index contributed by atoms with van der Waals surface area (Å²) in [4.78, 5) is 0. The van der Waals surface area contributed by atoms with Crippen LogP contribution in [-0.2, 0) is 4.57 Å². The summed E-state index contributed by atoms with van der Waals surface area (Å²) in [5, 5.41) is 0. The zero-order valence-corrected chi connectivity index (χ0v) is 13.6. The van der Waals surface area contributed by atoms with E-state index in [-0.39, 0.29) is 12.1 Å². The maximum absolute atomic E-state index is 12.1. The molecule has 0 aliphatic carbocycles. The minimum Gasteiger partial charge on any atom is -0.276 e. The molecule has 0 aliphatic rings. The van der Waals surface area contributed by atoms with Gasteiger partial charge in [-0.15, -0.1) is 0 Å². The summed E-state index contributed by atoms with van der Waals surface area (Å²) in [6.45, 7) is 12.1. The van der Waals surface area contributed by atoms with Crippen LogP contribution in [0.4, 0.5) is 0 Å². The van der Waals surface area contributed by atoms with Crippen molar-refractivity contribution in [1.82, 2.24) is 4.57 Å². The third-order valence-electron chi connectivity index (χ3n) is 2.94. The zero-order valence-electron chi connectivity index (χ0n) is 11.2. The van der Waals surface area contributed by atoms with Crippen LogP contribution in [0.15, 0.2) is 0 Å². The standard InChI is InChI=1S/C11H20Cl2N2OP/c1-7(2)14-9(5)10(6)15(8(3)4)11(14)17(12,13)16/h7-8H,1-6H3/q+1. The first kappa shape index (κ1) is 15.1. The molecule has 3 nitrogen and oxygen atoms in total. The van der Waals surface area contributed by atoms with Crippen molar-refractivity contribution < 1.29 is 9.13 Å². The molecule has 0 radical (unpaired) electrons. The number of aromatic nitrogens is 2. The van der Waals surface area contributed by atoms with Crippen molar-refractivity contribution in [2.75, 3.05) is 0 Å². The van der Waals surface area contributed by atoms with Crippen LogP contribution in [0, 0.1) is 13.8 Å². The topological polar surface area (TPSA) is 25.9 Å². The van der Waals surface area contributed by atoms with Gasteiger partial charge in [-0.25, -0.2) is 9.13 Å². The highest BCUT2D eigenvalue weighted by Gasteiger charge is 2.40. The minimum absolute atomic E-state index is 0.175. The summed E-state index contributed by atoms with van der Waals surface area (Å²) in [6.07, 6.45) is 0.